The summed E-state index contributed by atoms with van der Waals surface area (Å²) in [5.41, 5.74) is 5.74. The van der Waals surface area contributed by atoms with Crippen molar-refractivity contribution in [2.24, 2.45) is 0 Å². The van der Waals surface area contributed by atoms with E-state index in [0.29, 0.717) is 11.0 Å². The van der Waals surface area contributed by atoms with Crippen molar-refractivity contribution in [2.75, 3.05) is 5.73 Å². The lowest BCUT2D eigenvalue weighted by atomic mass is 10.2. The summed E-state index contributed by atoms with van der Waals surface area (Å²) in [7, 11) is 0. The fourth-order valence-electron chi connectivity index (χ4n) is 0.830. The minimum atomic E-state index is -2.49. The van der Waals surface area contributed by atoms with Crippen LogP contribution < -0.4 is 5.73 Å². The minimum Gasteiger partial charge on any atom is -0.384 e. The number of hydrogen-bond donors (Lipinski definition) is 1. The molecule has 0 spiro atoms. The maximum atomic E-state index is 12.2. The van der Waals surface area contributed by atoms with Gasteiger partial charge in [-0.1, -0.05) is 15.9 Å². The van der Waals surface area contributed by atoms with Crippen LogP contribution in [-0.2, 0) is 5.33 Å². The number of alkyl halides is 3. The van der Waals surface area contributed by atoms with E-state index >= 15 is 0 Å². The Labute approximate surface area is 76.9 Å². The molecule has 0 aliphatic rings. The molecular weight excluding hydrogens is 230 g/mol. The first-order valence-electron chi connectivity index (χ1n) is 3.24. The Kier molecular flexibility index (Phi) is 2.97. The van der Waals surface area contributed by atoms with Crippen LogP contribution in [-0.4, -0.2) is 4.98 Å². The van der Waals surface area contributed by atoms with Gasteiger partial charge in [0, 0.05) is 10.9 Å². The van der Waals surface area contributed by atoms with E-state index < -0.39 is 6.43 Å². The molecule has 0 bridgehead atoms. The van der Waals surface area contributed by atoms with Crippen LogP contribution >= 0.6 is 15.9 Å². The first-order chi connectivity index (χ1) is 5.63. The number of halogens is 3. The molecule has 5 heteroatoms. The van der Waals surface area contributed by atoms with Crippen molar-refractivity contribution in [3.05, 3.63) is 23.4 Å². The highest BCUT2D eigenvalue weighted by Gasteiger charge is 2.08. The van der Waals surface area contributed by atoms with Gasteiger partial charge in [-0.3, -0.25) is 0 Å². The molecule has 0 unspecified atom stereocenters. The van der Waals surface area contributed by atoms with Crippen LogP contribution in [0.3, 0.4) is 0 Å². The van der Waals surface area contributed by atoms with Crippen molar-refractivity contribution in [1.29, 1.82) is 0 Å². The van der Waals surface area contributed by atoms with Crippen molar-refractivity contribution < 1.29 is 8.78 Å². The van der Waals surface area contributed by atoms with E-state index in [1.54, 1.807) is 0 Å². The molecule has 0 radical (unpaired) electrons. The molecule has 0 aliphatic heterocycles. The van der Waals surface area contributed by atoms with Crippen LogP contribution in [0.4, 0.5) is 14.6 Å². The predicted octanol–water partition coefficient (Wildman–Crippen LogP) is 2.50. The average molecular weight is 237 g/mol. The number of hydrogen-bond acceptors (Lipinski definition) is 2. The third-order valence-corrected chi connectivity index (χ3v) is 1.88. The quantitative estimate of drug-likeness (QED) is 0.802. The molecule has 0 aromatic carbocycles. The van der Waals surface area contributed by atoms with Gasteiger partial charge in [0.2, 0.25) is 0 Å². The molecule has 2 nitrogen and oxygen atoms in total. The van der Waals surface area contributed by atoms with Gasteiger partial charge in [-0.25, -0.2) is 13.8 Å². The third kappa shape index (κ3) is 2.14. The molecule has 66 valence electrons. The van der Waals surface area contributed by atoms with Crippen LogP contribution in [0.2, 0.25) is 0 Å². The van der Waals surface area contributed by atoms with Crippen molar-refractivity contribution in [1.82, 2.24) is 4.98 Å². The molecule has 1 rings (SSSR count). The monoisotopic (exact) mass is 236 g/mol. The van der Waals surface area contributed by atoms with E-state index in [4.69, 9.17) is 5.73 Å². The highest BCUT2D eigenvalue weighted by Crippen LogP contribution is 2.21. The summed E-state index contributed by atoms with van der Waals surface area (Å²) in [5.74, 6) is 0.127. The largest absolute Gasteiger partial charge is 0.384 e. The zero-order chi connectivity index (χ0) is 9.14. The molecule has 1 heterocycles. The number of pyridine rings is 1. The second-order valence-corrected chi connectivity index (χ2v) is 2.81. The van der Waals surface area contributed by atoms with E-state index in [-0.39, 0.29) is 11.4 Å². The molecule has 0 fully saturated rings. The van der Waals surface area contributed by atoms with E-state index in [0.717, 1.165) is 0 Å². The second kappa shape index (κ2) is 3.80. The van der Waals surface area contributed by atoms with Gasteiger partial charge in [-0.15, -0.1) is 0 Å². The maximum absolute atomic E-state index is 12.2. The Balaban J connectivity index is 3.06. The lowest BCUT2D eigenvalue weighted by molar-refractivity contribution is 0.151. The summed E-state index contributed by atoms with van der Waals surface area (Å²) in [6.45, 7) is 0. The smallest absolute Gasteiger partial charge is 0.264 e. The van der Waals surface area contributed by atoms with Gasteiger partial charge in [0.05, 0.1) is 5.69 Å². The van der Waals surface area contributed by atoms with Gasteiger partial charge in [-0.2, -0.15) is 0 Å². The molecule has 0 aliphatic carbocycles. The van der Waals surface area contributed by atoms with Crippen molar-refractivity contribution >= 4 is 21.7 Å². The molecule has 12 heavy (non-hydrogen) atoms. The number of nitrogens with zero attached hydrogens (tertiary/aromatic N) is 1. The van der Waals surface area contributed by atoms with Gasteiger partial charge in [0.15, 0.2) is 0 Å². The summed E-state index contributed by atoms with van der Waals surface area (Å²) >= 11 is 3.11. The topological polar surface area (TPSA) is 38.9 Å². The summed E-state index contributed by atoms with van der Waals surface area (Å²) in [4.78, 5) is 3.83. The zero-order valence-corrected chi connectivity index (χ0v) is 7.68. The van der Waals surface area contributed by atoms with Crippen LogP contribution in [0.15, 0.2) is 12.1 Å². The maximum Gasteiger partial charge on any atom is 0.264 e. The van der Waals surface area contributed by atoms with Gasteiger partial charge < -0.3 is 5.73 Å². The van der Waals surface area contributed by atoms with Crippen LogP contribution in [0, 0.1) is 0 Å². The Morgan fingerprint density at radius 1 is 1.50 bits per heavy atom. The van der Waals surface area contributed by atoms with E-state index in [9.17, 15) is 8.78 Å². The minimum absolute atomic E-state index is 0.0862. The van der Waals surface area contributed by atoms with Crippen molar-refractivity contribution in [3.8, 4) is 0 Å². The van der Waals surface area contributed by atoms with Crippen LogP contribution in [0.5, 0.6) is 0 Å². The lowest BCUT2D eigenvalue weighted by Crippen LogP contribution is -1.97. The Morgan fingerprint density at radius 3 is 2.67 bits per heavy atom. The molecule has 1 aromatic heterocycles. The number of rotatable bonds is 2. The Bertz CT molecular complexity index is 278. The fraction of sp³-hybridized carbons (Fsp3) is 0.286. The molecule has 0 saturated carbocycles. The van der Waals surface area contributed by atoms with Crippen molar-refractivity contribution in [3.63, 3.8) is 0 Å². The van der Waals surface area contributed by atoms with Crippen LogP contribution in [0.25, 0.3) is 0 Å². The number of nitrogen functional groups attached to an aromatic ring is 1. The summed E-state index contributed by atoms with van der Waals surface area (Å²) < 4.78 is 24.3. The first-order valence-corrected chi connectivity index (χ1v) is 4.36. The van der Waals surface area contributed by atoms with Gasteiger partial charge in [0.25, 0.3) is 6.43 Å². The highest BCUT2D eigenvalue weighted by molar-refractivity contribution is 9.08. The predicted molar refractivity (Wildman–Crippen MR) is 46.2 cm³/mol. The molecule has 0 saturated heterocycles. The molecule has 2 N–H and O–H groups in total. The molecule has 0 atom stereocenters. The molecule has 1 aromatic rings. The van der Waals surface area contributed by atoms with Gasteiger partial charge >= 0.3 is 0 Å². The number of anilines is 1. The summed E-state index contributed by atoms with van der Waals surface area (Å²) in [6, 6.07) is 2.51. The zero-order valence-electron chi connectivity index (χ0n) is 6.10. The summed E-state index contributed by atoms with van der Waals surface area (Å²) in [5, 5.41) is 0.428. The highest BCUT2D eigenvalue weighted by atomic mass is 79.9. The Morgan fingerprint density at radius 2 is 2.17 bits per heavy atom. The third-order valence-electron chi connectivity index (χ3n) is 1.31. The standard InChI is InChI=1S/C7H7BrF2N2/c8-3-5-1-4(7(9)10)2-6(11)12-5/h1-2,7H,3H2,(H2,11,12). The number of nitrogens with two attached hydrogens (primary N) is 1. The molecule has 0 amide bonds. The summed E-state index contributed by atoms with van der Waals surface area (Å²) in [6.07, 6.45) is -2.49. The van der Waals surface area contributed by atoms with E-state index in [1.165, 1.54) is 12.1 Å². The SMILES string of the molecule is Nc1cc(C(F)F)cc(CBr)n1. The Hall–Kier alpha value is -0.710. The first kappa shape index (κ1) is 9.38. The molecular formula is C7H7BrF2N2. The van der Waals surface area contributed by atoms with Crippen LogP contribution in [0.1, 0.15) is 17.7 Å². The normalized spacial score (nSPS) is 10.7. The second-order valence-electron chi connectivity index (χ2n) is 2.25. The van der Waals surface area contributed by atoms with E-state index in [2.05, 4.69) is 20.9 Å². The van der Waals surface area contributed by atoms with Crippen molar-refractivity contribution in [2.45, 2.75) is 11.8 Å². The van der Waals surface area contributed by atoms with Gasteiger partial charge in [-0.05, 0) is 12.1 Å². The fourth-order valence-corrected chi connectivity index (χ4v) is 1.12. The van der Waals surface area contributed by atoms with E-state index in [1.807, 2.05) is 0 Å². The van der Waals surface area contributed by atoms with Gasteiger partial charge in [0.1, 0.15) is 5.82 Å². The lowest BCUT2D eigenvalue weighted by Gasteiger charge is -2.02. The number of aromatic nitrogens is 1. The average Bonchev–Trinajstić information content (AvgIpc) is 2.03.